The zero-order valence-corrected chi connectivity index (χ0v) is 11.6. The Kier molecular flexibility index (Phi) is 3.37. The summed E-state index contributed by atoms with van der Waals surface area (Å²) in [7, 11) is 0. The first kappa shape index (κ1) is 13.6. The van der Waals surface area contributed by atoms with Gasteiger partial charge in [-0.3, -0.25) is 0 Å². The third-order valence-corrected chi connectivity index (χ3v) is 3.59. The average molecular weight is 290 g/mol. The lowest BCUT2D eigenvalue weighted by molar-refractivity contribution is 0.0689. The van der Waals surface area contributed by atoms with Crippen molar-refractivity contribution in [3.8, 4) is 11.4 Å². The van der Waals surface area contributed by atoms with Gasteiger partial charge in [0.25, 0.3) is 0 Å². The van der Waals surface area contributed by atoms with Crippen LogP contribution in [0.25, 0.3) is 5.69 Å². The van der Waals surface area contributed by atoms with Crippen LogP contribution in [0.1, 0.15) is 35.1 Å². The number of benzene rings is 1. The molecule has 5 nitrogen and oxygen atoms in total. The fraction of sp³-hybridized carbons (Fsp3) is 0.333. The molecule has 0 unspecified atom stereocenters. The van der Waals surface area contributed by atoms with E-state index < -0.39 is 11.8 Å². The van der Waals surface area contributed by atoms with Crippen LogP contribution in [-0.4, -0.2) is 27.5 Å². The van der Waals surface area contributed by atoms with Crippen molar-refractivity contribution in [3.63, 3.8) is 0 Å². The molecule has 1 aromatic heterocycles. The van der Waals surface area contributed by atoms with Gasteiger partial charge in [0.1, 0.15) is 0 Å². The monoisotopic (exact) mass is 290 g/mol. The number of hydrogen-bond donors (Lipinski definition) is 1. The summed E-state index contributed by atoms with van der Waals surface area (Å²) in [5, 5.41) is 13.3. The van der Waals surface area contributed by atoms with Crippen LogP contribution < -0.4 is 4.74 Å². The first-order chi connectivity index (χ1) is 10.1. The lowest BCUT2D eigenvalue weighted by Gasteiger charge is -2.09. The van der Waals surface area contributed by atoms with E-state index in [1.54, 1.807) is 13.0 Å². The van der Waals surface area contributed by atoms with Crippen LogP contribution in [0.5, 0.6) is 5.75 Å². The molecule has 0 amide bonds. The van der Waals surface area contributed by atoms with E-state index in [-0.39, 0.29) is 11.4 Å². The lowest BCUT2D eigenvalue weighted by Crippen LogP contribution is -2.05. The van der Waals surface area contributed by atoms with Crippen LogP contribution in [-0.2, 0) is 12.8 Å². The number of ether oxygens (including phenoxy) is 1. The average Bonchev–Trinajstić information content (AvgIpc) is 3.02. The molecule has 1 aliphatic rings. The van der Waals surface area contributed by atoms with E-state index >= 15 is 0 Å². The smallest absolute Gasteiger partial charge is 0.356 e. The number of carbonyl (C=O) groups is 1. The van der Waals surface area contributed by atoms with Gasteiger partial charge in [0.2, 0.25) is 0 Å². The van der Waals surface area contributed by atoms with Crippen LogP contribution in [0.2, 0.25) is 0 Å². The largest absolute Gasteiger partial charge is 0.491 e. The highest BCUT2D eigenvalue weighted by Crippen LogP contribution is 2.29. The molecule has 0 aliphatic heterocycles. The summed E-state index contributed by atoms with van der Waals surface area (Å²) >= 11 is 0. The number of carboxylic acids is 1. The highest BCUT2D eigenvalue weighted by atomic mass is 19.1. The molecule has 1 aromatic carbocycles. The van der Waals surface area contributed by atoms with Crippen molar-refractivity contribution in [2.24, 2.45) is 0 Å². The molecule has 6 heteroatoms. The molecule has 3 rings (SSSR count). The van der Waals surface area contributed by atoms with Gasteiger partial charge in [-0.15, -0.1) is 0 Å². The molecule has 0 saturated carbocycles. The summed E-state index contributed by atoms with van der Waals surface area (Å²) in [6.45, 7) is 2.17. The Bertz CT molecular complexity index is 709. The van der Waals surface area contributed by atoms with Crippen molar-refractivity contribution < 1.29 is 19.0 Å². The van der Waals surface area contributed by atoms with E-state index in [1.807, 2.05) is 0 Å². The van der Waals surface area contributed by atoms with Crippen molar-refractivity contribution >= 4 is 5.97 Å². The normalized spacial score (nSPS) is 13.2. The zero-order valence-electron chi connectivity index (χ0n) is 11.6. The van der Waals surface area contributed by atoms with Crippen LogP contribution in [0, 0.1) is 5.82 Å². The van der Waals surface area contributed by atoms with Gasteiger partial charge in [0.05, 0.1) is 12.3 Å². The summed E-state index contributed by atoms with van der Waals surface area (Å²) in [5.74, 6) is -1.34. The standard InChI is InChI=1S/C15H15FN2O3/c1-2-21-13-7-6-9(8-11(13)16)18-12-5-3-4-10(12)14(17-18)15(19)20/h6-8H,2-5H2,1H3,(H,19,20). The first-order valence-electron chi connectivity index (χ1n) is 6.88. The van der Waals surface area contributed by atoms with E-state index in [1.165, 1.54) is 16.8 Å². The molecule has 0 bridgehead atoms. The van der Waals surface area contributed by atoms with Gasteiger partial charge in [-0.1, -0.05) is 0 Å². The predicted molar refractivity (Wildman–Crippen MR) is 73.7 cm³/mol. The minimum absolute atomic E-state index is 0.0665. The molecule has 0 spiro atoms. The summed E-state index contributed by atoms with van der Waals surface area (Å²) in [5.41, 5.74) is 2.20. The number of nitrogens with zero attached hydrogens (tertiary/aromatic N) is 2. The van der Waals surface area contributed by atoms with Gasteiger partial charge in [-0.05, 0) is 38.3 Å². The van der Waals surface area contributed by atoms with Crippen LogP contribution in [0.15, 0.2) is 18.2 Å². The molecule has 0 atom stereocenters. The van der Waals surface area contributed by atoms with E-state index in [0.717, 1.165) is 24.1 Å². The molecule has 0 radical (unpaired) electrons. The number of hydrogen-bond acceptors (Lipinski definition) is 3. The third kappa shape index (κ3) is 2.26. The predicted octanol–water partition coefficient (Wildman–Crippen LogP) is 2.60. The van der Waals surface area contributed by atoms with E-state index in [4.69, 9.17) is 4.74 Å². The maximum Gasteiger partial charge on any atom is 0.356 e. The molecule has 0 fully saturated rings. The molecule has 2 aromatic rings. The Morgan fingerprint density at radius 1 is 1.48 bits per heavy atom. The Labute approximate surface area is 121 Å². The molecule has 1 heterocycles. The lowest BCUT2D eigenvalue weighted by atomic mass is 10.2. The number of aromatic carboxylic acids is 1. The minimum atomic E-state index is -1.04. The first-order valence-corrected chi connectivity index (χ1v) is 6.88. The number of carboxylic acid groups (broad SMARTS) is 1. The van der Waals surface area contributed by atoms with Crippen molar-refractivity contribution in [1.29, 1.82) is 0 Å². The Balaban J connectivity index is 2.07. The van der Waals surface area contributed by atoms with Gasteiger partial charge in [-0.25, -0.2) is 13.9 Å². The van der Waals surface area contributed by atoms with Gasteiger partial charge in [0, 0.05) is 17.3 Å². The fourth-order valence-electron chi connectivity index (χ4n) is 2.72. The maximum atomic E-state index is 14.0. The molecule has 110 valence electrons. The third-order valence-electron chi connectivity index (χ3n) is 3.59. The van der Waals surface area contributed by atoms with Gasteiger partial charge in [0.15, 0.2) is 17.3 Å². The van der Waals surface area contributed by atoms with E-state index in [9.17, 15) is 14.3 Å². The minimum Gasteiger partial charge on any atom is -0.491 e. The van der Waals surface area contributed by atoms with Crippen LogP contribution in [0.4, 0.5) is 4.39 Å². The van der Waals surface area contributed by atoms with Gasteiger partial charge < -0.3 is 9.84 Å². The van der Waals surface area contributed by atoms with E-state index in [0.29, 0.717) is 18.7 Å². The maximum absolute atomic E-state index is 14.0. The quantitative estimate of drug-likeness (QED) is 0.940. The Morgan fingerprint density at radius 3 is 2.95 bits per heavy atom. The Hall–Kier alpha value is -2.37. The highest BCUT2D eigenvalue weighted by Gasteiger charge is 2.26. The topological polar surface area (TPSA) is 64.4 Å². The molecule has 21 heavy (non-hydrogen) atoms. The Morgan fingerprint density at radius 2 is 2.29 bits per heavy atom. The van der Waals surface area contributed by atoms with Crippen molar-refractivity contribution in [1.82, 2.24) is 9.78 Å². The summed E-state index contributed by atoms with van der Waals surface area (Å²) in [6, 6.07) is 4.55. The second-order valence-corrected chi connectivity index (χ2v) is 4.89. The fourth-order valence-corrected chi connectivity index (χ4v) is 2.72. The van der Waals surface area contributed by atoms with Gasteiger partial charge >= 0.3 is 5.97 Å². The molecular formula is C15H15FN2O3. The number of fused-ring (bicyclic) bond motifs is 1. The molecule has 1 N–H and O–H groups in total. The molecule has 1 aliphatic carbocycles. The SMILES string of the molecule is CCOc1ccc(-n2nc(C(=O)O)c3c2CCC3)cc1F. The number of aromatic nitrogens is 2. The second kappa shape index (κ2) is 5.20. The van der Waals surface area contributed by atoms with Crippen LogP contribution in [0.3, 0.4) is 0 Å². The summed E-state index contributed by atoms with van der Waals surface area (Å²) < 4.78 is 20.7. The van der Waals surface area contributed by atoms with Crippen LogP contribution >= 0.6 is 0 Å². The van der Waals surface area contributed by atoms with Crippen molar-refractivity contribution in [2.75, 3.05) is 6.61 Å². The molecule has 0 saturated heterocycles. The highest BCUT2D eigenvalue weighted by molar-refractivity contribution is 5.87. The second-order valence-electron chi connectivity index (χ2n) is 4.89. The van der Waals surface area contributed by atoms with E-state index in [2.05, 4.69) is 5.10 Å². The summed E-state index contributed by atoms with van der Waals surface area (Å²) in [4.78, 5) is 11.2. The zero-order chi connectivity index (χ0) is 15.0. The van der Waals surface area contributed by atoms with Crippen molar-refractivity contribution in [2.45, 2.75) is 26.2 Å². The number of halogens is 1. The molecular weight excluding hydrogens is 275 g/mol. The summed E-state index contributed by atoms with van der Waals surface area (Å²) in [6.07, 6.45) is 2.36. The van der Waals surface area contributed by atoms with Gasteiger partial charge in [-0.2, -0.15) is 5.10 Å². The van der Waals surface area contributed by atoms with Crippen molar-refractivity contribution in [3.05, 3.63) is 41.0 Å². The number of rotatable bonds is 4.